The number of rotatable bonds is 10. The third-order valence-electron chi connectivity index (χ3n) is 8.22. The van der Waals surface area contributed by atoms with Crippen molar-refractivity contribution in [1.29, 1.82) is 5.26 Å². The van der Waals surface area contributed by atoms with Gasteiger partial charge in [-0.15, -0.1) is 0 Å². The first kappa shape index (κ1) is 31.1. The number of carbonyl (C=O) groups excluding carboxylic acids is 2. The SMILES string of the molecule is C[C@]1(C(N)=O)COc2c1cc(C(O)(CNC(=O)c1ccc(OC3CC3)c(OC3CC3)c1)C(F)(F)F)nc2-c1ccc(F)c(C#N)c1. The minimum absolute atomic E-state index is 0.0185. The summed E-state index contributed by atoms with van der Waals surface area (Å²) in [5.74, 6) is -2.15. The van der Waals surface area contributed by atoms with E-state index in [9.17, 15) is 37.5 Å². The standard InChI is InChI=1S/C32H28F4N4O6/c1-30(29(38)42)15-44-27-21(30)12-25(40-26(27)16-2-8-22(33)18(10-16)13-37)31(43,32(34,35)36)14-39-28(41)17-3-9-23(45-19-4-5-19)24(11-17)46-20-6-7-20/h2-3,8-12,19-20,43H,4-7,14-15H2,1H3,(H2,38,42)(H,39,41)/t30-,31?/m0/s1. The van der Waals surface area contributed by atoms with Crippen LogP contribution in [0.15, 0.2) is 42.5 Å². The second kappa shape index (κ2) is 11.2. The molecule has 2 heterocycles. The van der Waals surface area contributed by atoms with Gasteiger partial charge in [0.05, 0.1) is 30.0 Å². The largest absolute Gasteiger partial charge is 0.489 e. The molecular formula is C32H28F4N4O6. The molecule has 1 aromatic heterocycles. The zero-order valence-corrected chi connectivity index (χ0v) is 24.4. The summed E-state index contributed by atoms with van der Waals surface area (Å²) in [6.07, 6.45) is -2.00. The average Bonchev–Trinajstić information content (AvgIpc) is 3.96. The molecule has 6 rings (SSSR count). The van der Waals surface area contributed by atoms with E-state index >= 15 is 0 Å². The number of fused-ring (bicyclic) bond motifs is 1. The van der Waals surface area contributed by atoms with Gasteiger partial charge in [-0.3, -0.25) is 9.59 Å². The van der Waals surface area contributed by atoms with Crippen molar-refractivity contribution in [1.82, 2.24) is 10.3 Å². The van der Waals surface area contributed by atoms with Crippen LogP contribution in [0.1, 0.15) is 59.8 Å². The zero-order chi connectivity index (χ0) is 33.0. The number of nitrogens with two attached hydrogens (primary N) is 1. The van der Waals surface area contributed by atoms with Crippen molar-refractivity contribution in [3.63, 3.8) is 0 Å². The predicted octanol–water partition coefficient (Wildman–Crippen LogP) is 4.16. The van der Waals surface area contributed by atoms with Gasteiger partial charge in [0.15, 0.2) is 11.5 Å². The van der Waals surface area contributed by atoms with Gasteiger partial charge in [-0.05, 0) is 75.1 Å². The molecule has 0 saturated heterocycles. The van der Waals surface area contributed by atoms with Crippen LogP contribution in [0.5, 0.6) is 17.2 Å². The molecule has 0 bridgehead atoms. The number of primary amides is 1. The van der Waals surface area contributed by atoms with Gasteiger partial charge in [-0.1, -0.05) is 0 Å². The van der Waals surface area contributed by atoms with Gasteiger partial charge in [-0.2, -0.15) is 18.4 Å². The van der Waals surface area contributed by atoms with E-state index < -0.39 is 52.6 Å². The molecule has 14 heteroatoms. The van der Waals surface area contributed by atoms with Crippen molar-refractivity contribution < 1.29 is 46.5 Å². The fourth-order valence-corrected chi connectivity index (χ4v) is 4.97. The molecule has 2 fully saturated rings. The lowest BCUT2D eigenvalue weighted by Gasteiger charge is -2.31. The minimum Gasteiger partial charge on any atom is -0.489 e. The monoisotopic (exact) mass is 640 g/mol. The van der Waals surface area contributed by atoms with E-state index in [1.54, 1.807) is 6.07 Å². The zero-order valence-electron chi connectivity index (χ0n) is 24.4. The van der Waals surface area contributed by atoms with Crippen LogP contribution in [0, 0.1) is 17.1 Å². The maximum absolute atomic E-state index is 14.8. The number of alkyl halides is 3. The first-order valence-corrected chi connectivity index (χ1v) is 14.5. The maximum atomic E-state index is 14.8. The Morgan fingerprint density at radius 1 is 1.11 bits per heavy atom. The highest BCUT2D eigenvalue weighted by molar-refractivity contribution is 5.95. The fourth-order valence-electron chi connectivity index (χ4n) is 4.97. The lowest BCUT2D eigenvalue weighted by molar-refractivity contribution is -0.265. The summed E-state index contributed by atoms with van der Waals surface area (Å²) in [5.41, 5.74) is -1.67. The molecule has 0 spiro atoms. The smallest absolute Gasteiger partial charge is 0.424 e. The Balaban J connectivity index is 1.38. The number of nitrogens with one attached hydrogen (secondary N) is 1. The van der Waals surface area contributed by atoms with Crippen LogP contribution < -0.4 is 25.3 Å². The minimum atomic E-state index is -5.40. The molecule has 3 aromatic rings. The Morgan fingerprint density at radius 2 is 1.78 bits per heavy atom. The van der Waals surface area contributed by atoms with Crippen molar-refractivity contribution in [3.05, 3.63) is 70.7 Å². The lowest BCUT2D eigenvalue weighted by atomic mass is 9.81. The third kappa shape index (κ3) is 5.66. The van der Waals surface area contributed by atoms with Crippen LogP contribution in [0.25, 0.3) is 11.3 Å². The first-order valence-electron chi connectivity index (χ1n) is 14.5. The molecule has 10 nitrogen and oxygen atoms in total. The van der Waals surface area contributed by atoms with Gasteiger partial charge in [0, 0.05) is 16.7 Å². The molecule has 240 valence electrons. The summed E-state index contributed by atoms with van der Waals surface area (Å²) in [5, 5.41) is 22.8. The van der Waals surface area contributed by atoms with E-state index in [1.807, 2.05) is 0 Å². The summed E-state index contributed by atoms with van der Waals surface area (Å²) in [4.78, 5) is 29.7. The molecule has 4 N–H and O–H groups in total. The first-order chi connectivity index (χ1) is 21.7. The lowest BCUT2D eigenvalue weighted by Crippen LogP contribution is -2.51. The van der Waals surface area contributed by atoms with Crippen LogP contribution in [0.3, 0.4) is 0 Å². The van der Waals surface area contributed by atoms with Crippen LogP contribution in [-0.4, -0.2) is 53.4 Å². The molecule has 46 heavy (non-hydrogen) atoms. The molecule has 2 atom stereocenters. The van der Waals surface area contributed by atoms with Gasteiger partial charge in [0.2, 0.25) is 11.5 Å². The van der Waals surface area contributed by atoms with Gasteiger partial charge in [-0.25, -0.2) is 9.37 Å². The van der Waals surface area contributed by atoms with Crippen LogP contribution in [-0.2, 0) is 15.8 Å². The van der Waals surface area contributed by atoms with Crippen molar-refractivity contribution in [2.24, 2.45) is 5.73 Å². The summed E-state index contributed by atoms with van der Waals surface area (Å²) in [6.45, 7) is -0.373. The second-order valence-corrected chi connectivity index (χ2v) is 11.9. The van der Waals surface area contributed by atoms with Crippen LogP contribution in [0.4, 0.5) is 17.6 Å². The molecule has 0 radical (unpaired) electrons. The summed E-state index contributed by atoms with van der Waals surface area (Å²) in [7, 11) is 0. The number of aromatic nitrogens is 1. The van der Waals surface area contributed by atoms with E-state index in [0.29, 0.717) is 11.5 Å². The number of hydrogen-bond acceptors (Lipinski definition) is 8. The highest BCUT2D eigenvalue weighted by Gasteiger charge is 2.57. The van der Waals surface area contributed by atoms with E-state index in [4.69, 9.17) is 19.9 Å². The fraction of sp³-hybridized carbons (Fsp3) is 0.375. The number of nitrogens with zero attached hydrogens (tertiary/aromatic N) is 2. The van der Waals surface area contributed by atoms with Crippen LogP contribution >= 0.6 is 0 Å². The van der Waals surface area contributed by atoms with E-state index in [0.717, 1.165) is 49.9 Å². The predicted molar refractivity (Wildman–Crippen MR) is 152 cm³/mol. The molecule has 2 amide bonds. The van der Waals surface area contributed by atoms with Crippen molar-refractivity contribution in [2.45, 2.75) is 62.0 Å². The number of pyridine rings is 1. The number of amides is 2. The highest BCUT2D eigenvalue weighted by atomic mass is 19.4. The van der Waals surface area contributed by atoms with Gasteiger partial charge < -0.3 is 30.4 Å². The van der Waals surface area contributed by atoms with Gasteiger partial charge in [0.1, 0.15) is 35.4 Å². The Labute approximate surface area is 260 Å². The maximum Gasteiger partial charge on any atom is 0.424 e. The van der Waals surface area contributed by atoms with Crippen molar-refractivity contribution in [2.75, 3.05) is 13.2 Å². The number of carbonyl (C=O) groups is 2. The molecular weight excluding hydrogens is 612 g/mol. The summed E-state index contributed by atoms with van der Waals surface area (Å²) in [6, 6.07) is 9.91. The topological polar surface area (TPSA) is 157 Å². The van der Waals surface area contributed by atoms with E-state index in [1.165, 1.54) is 25.1 Å². The molecule has 2 aliphatic carbocycles. The second-order valence-electron chi connectivity index (χ2n) is 11.9. The molecule has 1 unspecified atom stereocenters. The van der Waals surface area contributed by atoms with Gasteiger partial charge >= 0.3 is 6.18 Å². The molecule has 2 aromatic carbocycles. The van der Waals surface area contributed by atoms with Crippen molar-refractivity contribution >= 4 is 11.8 Å². The Bertz CT molecular complexity index is 1790. The normalized spacial score (nSPS) is 20.1. The number of ether oxygens (including phenoxy) is 3. The number of halogens is 4. The summed E-state index contributed by atoms with van der Waals surface area (Å²) < 4.78 is 75.7. The summed E-state index contributed by atoms with van der Waals surface area (Å²) >= 11 is 0. The Hall–Kier alpha value is -4.90. The Morgan fingerprint density at radius 3 is 2.39 bits per heavy atom. The number of aliphatic hydroxyl groups is 1. The highest BCUT2D eigenvalue weighted by Crippen LogP contribution is 2.48. The van der Waals surface area contributed by atoms with Gasteiger partial charge in [0.25, 0.3) is 5.91 Å². The third-order valence-corrected chi connectivity index (χ3v) is 8.22. The van der Waals surface area contributed by atoms with E-state index in [2.05, 4.69) is 10.3 Å². The Kier molecular flexibility index (Phi) is 7.55. The van der Waals surface area contributed by atoms with Crippen LogP contribution in [0.2, 0.25) is 0 Å². The number of benzene rings is 2. The van der Waals surface area contributed by atoms with Crippen molar-refractivity contribution in [3.8, 4) is 34.6 Å². The quantitative estimate of drug-likeness (QED) is 0.279. The van der Waals surface area contributed by atoms with E-state index in [-0.39, 0.29) is 46.9 Å². The molecule has 2 saturated carbocycles. The average molecular weight is 641 g/mol. The molecule has 3 aliphatic rings. The molecule has 1 aliphatic heterocycles. The number of hydrogen-bond donors (Lipinski definition) is 3. The number of nitriles is 1.